The second kappa shape index (κ2) is 4.84. The van der Waals surface area contributed by atoms with Crippen LogP contribution in [0.5, 0.6) is 0 Å². The summed E-state index contributed by atoms with van der Waals surface area (Å²) >= 11 is 7.34. The van der Waals surface area contributed by atoms with Crippen molar-refractivity contribution < 1.29 is 8.78 Å². The standard InChI is InChI=1S/C8H4ClF2IN2/c9-2-4-1-6(12)14-7(8(10)11)5(4)3-13/h1,8H,2H2. The molecule has 1 rings (SSSR count). The third-order valence-corrected chi connectivity index (χ3v) is 2.40. The number of rotatable bonds is 2. The Morgan fingerprint density at radius 2 is 2.29 bits per heavy atom. The van der Waals surface area contributed by atoms with Gasteiger partial charge in [-0.05, 0) is 34.2 Å². The van der Waals surface area contributed by atoms with Gasteiger partial charge in [0.05, 0.1) is 5.56 Å². The Morgan fingerprint density at radius 3 is 2.71 bits per heavy atom. The van der Waals surface area contributed by atoms with E-state index in [4.69, 9.17) is 16.9 Å². The molecule has 74 valence electrons. The molecule has 0 saturated heterocycles. The van der Waals surface area contributed by atoms with E-state index < -0.39 is 12.1 Å². The molecule has 0 fully saturated rings. The molecule has 0 atom stereocenters. The van der Waals surface area contributed by atoms with Gasteiger partial charge in [0.2, 0.25) is 0 Å². The minimum atomic E-state index is -2.75. The Kier molecular flexibility index (Phi) is 4.01. The van der Waals surface area contributed by atoms with Gasteiger partial charge in [-0.1, -0.05) is 0 Å². The van der Waals surface area contributed by atoms with Crippen LogP contribution in [0.25, 0.3) is 0 Å². The van der Waals surface area contributed by atoms with Crippen molar-refractivity contribution in [1.29, 1.82) is 5.26 Å². The summed E-state index contributed by atoms with van der Waals surface area (Å²) in [5.74, 6) is 0.0289. The fourth-order valence-corrected chi connectivity index (χ4v) is 1.82. The van der Waals surface area contributed by atoms with Crippen LogP contribution < -0.4 is 0 Å². The number of halogens is 4. The Morgan fingerprint density at radius 1 is 1.64 bits per heavy atom. The number of hydrogen-bond acceptors (Lipinski definition) is 2. The lowest BCUT2D eigenvalue weighted by Crippen LogP contribution is -2.01. The van der Waals surface area contributed by atoms with Crippen LogP contribution in [-0.4, -0.2) is 4.98 Å². The zero-order valence-corrected chi connectivity index (χ0v) is 9.68. The van der Waals surface area contributed by atoms with E-state index in [0.29, 0.717) is 9.26 Å². The molecule has 1 aromatic rings. The summed E-state index contributed by atoms with van der Waals surface area (Å²) < 4.78 is 25.3. The molecule has 0 bridgehead atoms. The van der Waals surface area contributed by atoms with Crippen molar-refractivity contribution >= 4 is 34.2 Å². The first kappa shape index (κ1) is 11.6. The summed E-state index contributed by atoms with van der Waals surface area (Å²) in [4.78, 5) is 3.61. The molecule has 1 heterocycles. The molecule has 0 aliphatic heterocycles. The molecule has 2 nitrogen and oxygen atoms in total. The van der Waals surface area contributed by atoms with Crippen molar-refractivity contribution in [2.75, 3.05) is 0 Å². The van der Waals surface area contributed by atoms with Gasteiger partial charge in [0, 0.05) is 5.88 Å². The lowest BCUT2D eigenvalue weighted by atomic mass is 10.1. The number of aromatic nitrogens is 1. The summed E-state index contributed by atoms with van der Waals surface area (Å²) in [5.41, 5.74) is -0.214. The topological polar surface area (TPSA) is 36.7 Å². The molecule has 0 amide bonds. The summed E-state index contributed by atoms with van der Waals surface area (Å²) in [6.45, 7) is 0. The van der Waals surface area contributed by atoms with Gasteiger partial charge in [-0.3, -0.25) is 0 Å². The molecule has 0 aliphatic carbocycles. The van der Waals surface area contributed by atoms with Crippen LogP contribution in [0.3, 0.4) is 0 Å². The van der Waals surface area contributed by atoms with Gasteiger partial charge in [-0.2, -0.15) is 5.26 Å². The molecule has 0 spiro atoms. The maximum Gasteiger partial charge on any atom is 0.281 e. The van der Waals surface area contributed by atoms with Crippen LogP contribution in [-0.2, 0) is 5.88 Å². The predicted molar refractivity (Wildman–Crippen MR) is 56.2 cm³/mol. The Labute approximate surface area is 98.0 Å². The summed E-state index contributed by atoms with van der Waals surface area (Å²) in [5, 5.41) is 8.69. The number of nitriles is 1. The second-order valence-electron chi connectivity index (χ2n) is 2.41. The van der Waals surface area contributed by atoms with Gasteiger partial charge >= 0.3 is 0 Å². The van der Waals surface area contributed by atoms with Crippen LogP contribution >= 0.6 is 34.2 Å². The molecular formula is C8H4ClF2IN2. The lowest BCUT2D eigenvalue weighted by Gasteiger charge is -2.06. The van der Waals surface area contributed by atoms with Gasteiger partial charge in [-0.15, -0.1) is 11.6 Å². The smallest absolute Gasteiger partial charge is 0.239 e. The van der Waals surface area contributed by atoms with Crippen molar-refractivity contribution in [3.8, 4) is 6.07 Å². The Hall–Kier alpha value is -0.480. The van der Waals surface area contributed by atoms with Gasteiger partial charge < -0.3 is 0 Å². The maximum atomic E-state index is 12.5. The van der Waals surface area contributed by atoms with E-state index in [-0.39, 0.29) is 11.4 Å². The third-order valence-electron chi connectivity index (χ3n) is 1.56. The normalized spacial score (nSPS) is 10.3. The molecular weight excluding hydrogens is 324 g/mol. The van der Waals surface area contributed by atoms with E-state index >= 15 is 0 Å². The highest BCUT2D eigenvalue weighted by Crippen LogP contribution is 2.25. The van der Waals surface area contributed by atoms with Crippen LogP contribution in [0, 0.1) is 15.0 Å². The zero-order chi connectivity index (χ0) is 10.7. The maximum absolute atomic E-state index is 12.5. The van der Waals surface area contributed by atoms with Crippen LogP contribution in [0.2, 0.25) is 0 Å². The number of nitrogens with zero attached hydrogens (tertiary/aromatic N) is 2. The zero-order valence-electron chi connectivity index (χ0n) is 6.77. The number of hydrogen-bond donors (Lipinski definition) is 0. The molecule has 0 saturated carbocycles. The lowest BCUT2D eigenvalue weighted by molar-refractivity contribution is 0.145. The molecule has 0 unspecified atom stereocenters. The second-order valence-corrected chi connectivity index (χ2v) is 3.78. The van der Waals surface area contributed by atoms with E-state index in [0.717, 1.165) is 0 Å². The van der Waals surface area contributed by atoms with E-state index in [1.54, 1.807) is 6.07 Å². The van der Waals surface area contributed by atoms with E-state index in [9.17, 15) is 8.78 Å². The first-order chi connectivity index (χ1) is 6.60. The van der Waals surface area contributed by atoms with Gasteiger partial charge in [0.15, 0.2) is 0 Å². The monoisotopic (exact) mass is 328 g/mol. The van der Waals surface area contributed by atoms with E-state index in [1.807, 2.05) is 22.6 Å². The van der Waals surface area contributed by atoms with Gasteiger partial charge in [0.1, 0.15) is 15.5 Å². The fourth-order valence-electron chi connectivity index (χ4n) is 0.976. The predicted octanol–water partition coefficient (Wildman–Crippen LogP) is 3.23. The average Bonchev–Trinajstić information content (AvgIpc) is 2.16. The minimum Gasteiger partial charge on any atom is -0.239 e. The summed E-state index contributed by atoms with van der Waals surface area (Å²) in [6, 6.07) is 3.22. The highest BCUT2D eigenvalue weighted by Gasteiger charge is 2.18. The first-order valence-corrected chi connectivity index (χ1v) is 5.15. The Balaban J connectivity index is 3.41. The Bertz CT molecular complexity index is 390. The number of pyridine rings is 1. The molecule has 0 radical (unpaired) electrons. The SMILES string of the molecule is N#Cc1c(CCl)cc(I)nc1C(F)F. The van der Waals surface area contributed by atoms with Crippen molar-refractivity contribution in [2.45, 2.75) is 12.3 Å². The first-order valence-electron chi connectivity index (χ1n) is 3.53. The van der Waals surface area contributed by atoms with E-state index in [2.05, 4.69) is 4.98 Å². The van der Waals surface area contributed by atoms with Crippen molar-refractivity contribution in [3.05, 3.63) is 26.6 Å². The van der Waals surface area contributed by atoms with Crippen molar-refractivity contribution in [3.63, 3.8) is 0 Å². The molecule has 0 aromatic carbocycles. The quantitative estimate of drug-likeness (QED) is 0.475. The number of alkyl halides is 3. The highest BCUT2D eigenvalue weighted by atomic mass is 127. The van der Waals surface area contributed by atoms with Crippen LogP contribution in [0.4, 0.5) is 8.78 Å². The molecule has 1 aromatic heterocycles. The minimum absolute atomic E-state index is 0.0289. The largest absolute Gasteiger partial charge is 0.281 e. The van der Waals surface area contributed by atoms with Gasteiger partial charge in [0.25, 0.3) is 6.43 Å². The third kappa shape index (κ3) is 2.30. The van der Waals surface area contributed by atoms with Crippen molar-refractivity contribution in [1.82, 2.24) is 4.98 Å². The van der Waals surface area contributed by atoms with Crippen molar-refractivity contribution in [2.24, 2.45) is 0 Å². The average molecular weight is 328 g/mol. The highest BCUT2D eigenvalue weighted by molar-refractivity contribution is 14.1. The molecule has 0 N–H and O–H groups in total. The molecule has 14 heavy (non-hydrogen) atoms. The van der Waals surface area contributed by atoms with Crippen LogP contribution in [0.15, 0.2) is 6.07 Å². The van der Waals surface area contributed by atoms with E-state index in [1.165, 1.54) is 6.07 Å². The molecule has 6 heteroatoms. The van der Waals surface area contributed by atoms with Crippen LogP contribution in [0.1, 0.15) is 23.2 Å². The molecule has 0 aliphatic rings. The summed E-state index contributed by atoms with van der Waals surface area (Å²) in [6.07, 6.45) is -2.75. The van der Waals surface area contributed by atoms with Gasteiger partial charge in [-0.25, -0.2) is 13.8 Å². The fraction of sp³-hybridized carbons (Fsp3) is 0.250. The summed E-state index contributed by atoms with van der Waals surface area (Å²) in [7, 11) is 0.